The maximum atomic E-state index is 11.1. The molecule has 1 aliphatic rings. The summed E-state index contributed by atoms with van der Waals surface area (Å²) in [6.07, 6.45) is 0.724. The number of hydrogen-bond acceptors (Lipinski definition) is 3. The summed E-state index contributed by atoms with van der Waals surface area (Å²) in [4.78, 5) is 0.245. The first-order valence-electron chi connectivity index (χ1n) is 3.97. The molecule has 1 heterocycles. The van der Waals surface area contributed by atoms with Gasteiger partial charge in [-0.25, -0.2) is 13.6 Å². The number of benzene rings is 1. The molecule has 0 aromatic heterocycles. The third kappa shape index (κ3) is 1.40. The minimum absolute atomic E-state index is 0.245. The van der Waals surface area contributed by atoms with E-state index in [1.54, 1.807) is 12.1 Å². The fourth-order valence-electron chi connectivity index (χ4n) is 1.58. The zero-order chi connectivity index (χ0) is 9.47. The van der Waals surface area contributed by atoms with Crippen LogP contribution in [0.15, 0.2) is 23.1 Å². The molecule has 1 aromatic carbocycles. The van der Waals surface area contributed by atoms with Gasteiger partial charge in [0, 0.05) is 12.2 Å². The van der Waals surface area contributed by atoms with Crippen LogP contribution in [0.3, 0.4) is 0 Å². The van der Waals surface area contributed by atoms with Crippen molar-refractivity contribution in [2.45, 2.75) is 11.3 Å². The van der Waals surface area contributed by atoms with Crippen LogP contribution in [0.1, 0.15) is 5.56 Å². The molecule has 3 N–H and O–H groups in total. The van der Waals surface area contributed by atoms with Gasteiger partial charge in [0.1, 0.15) is 0 Å². The molecule has 0 saturated heterocycles. The van der Waals surface area contributed by atoms with Gasteiger partial charge in [-0.15, -0.1) is 0 Å². The van der Waals surface area contributed by atoms with Gasteiger partial charge in [0.2, 0.25) is 10.0 Å². The lowest BCUT2D eigenvalue weighted by Crippen LogP contribution is -2.13. The van der Waals surface area contributed by atoms with Crippen LogP contribution in [0, 0.1) is 0 Å². The van der Waals surface area contributed by atoms with E-state index in [9.17, 15) is 8.42 Å². The number of nitrogens with two attached hydrogens (primary N) is 1. The van der Waals surface area contributed by atoms with E-state index in [2.05, 4.69) is 5.32 Å². The van der Waals surface area contributed by atoms with Crippen LogP contribution in [0.25, 0.3) is 0 Å². The largest absolute Gasteiger partial charge is 0.384 e. The second-order valence-electron chi connectivity index (χ2n) is 3.00. The minimum Gasteiger partial charge on any atom is -0.384 e. The van der Waals surface area contributed by atoms with E-state index >= 15 is 0 Å². The molecule has 0 unspecified atom stereocenters. The maximum absolute atomic E-state index is 11.1. The third-order valence-corrected chi connectivity index (χ3v) is 3.13. The SMILES string of the molecule is NS(=O)(=O)c1cccc2c1CCN2. The zero-order valence-corrected chi connectivity index (χ0v) is 7.76. The Hall–Kier alpha value is -1.07. The molecule has 0 amide bonds. The van der Waals surface area contributed by atoms with Crippen molar-refractivity contribution in [2.75, 3.05) is 11.9 Å². The van der Waals surface area contributed by atoms with E-state index in [1.165, 1.54) is 0 Å². The molecule has 5 heteroatoms. The van der Waals surface area contributed by atoms with E-state index in [4.69, 9.17) is 5.14 Å². The Morgan fingerprint density at radius 1 is 1.38 bits per heavy atom. The van der Waals surface area contributed by atoms with Gasteiger partial charge in [-0.3, -0.25) is 0 Å². The summed E-state index contributed by atoms with van der Waals surface area (Å²) in [6, 6.07) is 5.09. The molecule has 0 aliphatic carbocycles. The van der Waals surface area contributed by atoms with Crippen LogP contribution in [0.4, 0.5) is 5.69 Å². The van der Waals surface area contributed by atoms with Crippen LogP contribution in [0.5, 0.6) is 0 Å². The molecule has 13 heavy (non-hydrogen) atoms. The van der Waals surface area contributed by atoms with Gasteiger partial charge in [-0.1, -0.05) is 6.07 Å². The Balaban J connectivity index is 2.67. The average molecular weight is 198 g/mol. The van der Waals surface area contributed by atoms with Gasteiger partial charge in [-0.2, -0.15) is 0 Å². The van der Waals surface area contributed by atoms with Crippen molar-refractivity contribution in [1.82, 2.24) is 0 Å². The predicted molar refractivity (Wildman–Crippen MR) is 50.0 cm³/mol. The lowest BCUT2D eigenvalue weighted by molar-refractivity contribution is 0.597. The molecular weight excluding hydrogens is 188 g/mol. The molecule has 0 saturated carbocycles. The van der Waals surface area contributed by atoms with Gasteiger partial charge in [0.05, 0.1) is 4.90 Å². The van der Waals surface area contributed by atoms with E-state index in [-0.39, 0.29) is 4.90 Å². The fourth-order valence-corrected chi connectivity index (χ4v) is 2.40. The topological polar surface area (TPSA) is 72.2 Å². The number of nitrogens with one attached hydrogen (secondary N) is 1. The van der Waals surface area contributed by atoms with Crippen LogP contribution >= 0.6 is 0 Å². The molecule has 0 spiro atoms. The normalized spacial score (nSPS) is 15.2. The molecule has 0 atom stereocenters. The minimum atomic E-state index is -3.57. The second kappa shape index (κ2) is 2.71. The van der Waals surface area contributed by atoms with Crippen molar-refractivity contribution in [1.29, 1.82) is 0 Å². The first-order valence-corrected chi connectivity index (χ1v) is 5.52. The van der Waals surface area contributed by atoms with Gasteiger partial charge < -0.3 is 5.32 Å². The summed E-state index contributed by atoms with van der Waals surface area (Å²) in [5.41, 5.74) is 1.69. The molecule has 4 nitrogen and oxygen atoms in total. The summed E-state index contributed by atoms with van der Waals surface area (Å²) in [7, 11) is -3.57. The van der Waals surface area contributed by atoms with Crippen LogP contribution in [-0.4, -0.2) is 15.0 Å². The summed E-state index contributed by atoms with van der Waals surface area (Å²) in [5, 5.41) is 8.17. The molecule has 0 bridgehead atoms. The standard InChI is InChI=1S/C8H10N2O2S/c9-13(11,12)8-3-1-2-7-6(8)4-5-10-7/h1-3,10H,4-5H2,(H2,9,11,12). The van der Waals surface area contributed by atoms with Gasteiger partial charge in [0.15, 0.2) is 0 Å². The summed E-state index contributed by atoms with van der Waals surface area (Å²) in [5.74, 6) is 0. The van der Waals surface area contributed by atoms with Crippen LogP contribution in [0.2, 0.25) is 0 Å². The Morgan fingerprint density at radius 2 is 2.15 bits per heavy atom. The molecule has 0 radical (unpaired) electrons. The van der Waals surface area contributed by atoms with Crippen molar-refractivity contribution in [3.63, 3.8) is 0 Å². The summed E-state index contributed by atoms with van der Waals surface area (Å²) in [6.45, 7) is 0.780. The summed E-state index contributed by atoms with van der Waals surface area (Å²) >= 11 is 0. The Kier molecular flexibility index (Phi) is 1.78. The molecule has 70 valence electrons. The number of fused-ring (bicyclic) bond motifs is 1. The predicted octanol–water partition coefficient (Wildman–Crippen LogP) is 0.302. The van der Waals surface area contributed by atoms with Crippen molar-refractivity contribution in [2.24, 2.45) is 5.14 Å². The third-order valence-electron chi connectivity index (χ3n) is 2.13. The summed E-state index contributed by atoms with van der Waals surface area (Å²) < 4.78 is 22.3. The second-order valence-corrected chi connectivity index (χ2v) is 4.53. The fraction of sp³-hybridized carbons (Fsp3) is 0.250. The Labute approximate surface area is 76.8 Å². The number of primary sulfonamides is 1. The molecule has 2 rings (SSSR count). The smallest absolute Gasteiger partial charge is 0.238 e. The molecule has 0 fully saturated rings. The van der Waals surface area contributed by atoms with E-state index < -0.39 is 10.0 Å². The Morgan fingerprint density at radius 3 is 2.85 bits per heavy atom. The van der Waals surface area contributed by atoms with E-state index in [0.717, 1.165) is 24.2 Å². The van der Waals surface area contributed by atoms with Gasteiger partial charge >= 0.3 is 0 Å². The van der Waals surface area contributed by atoms with Gasteiger partial charge in [-0.05, 0) is 24.1 Å². The number of anilines is 1. The van der Waals surface area contributed by atoms with Crippen molar-refractivity contribution >= 4 is 15.7 Å². The van der Waals surface area contributed by atoms with E-state index in [0.29, 0.717) is 0 Å². The highest BCUT2D eigenvalue weighted by molar-refractivity contribution is 7.89. The van der Waals surface area contributed by atoms with Gasteiger partial charge in [0.25, 0.3) is 0 Å². The van der Waals surface area contributed by atoms with E-state index in [1.807, 2.05) is 6.07 Å². The highest BCUT2D eigenvalue weighted by Crippen LogP contribution is 2.27. The average Bonchev–Trinajstić information content (AvgIpc) is 2.48. The number of hydrogen-bond donors (Lipinski definition) is 2. The monoisotopic (exact) mass is 198 g/mol. The molecular formula is C8H10N2O2S. The molecule has 1 aliphatic heterocycles. The van der Waals surface area contributed by atoms with Crippen molar-refractivity contribution in [3.8, 4) is 0 Å². The van der Waals surface area contributed by atoms with Crippen molar-refractivity contribution < 1.29 is 8.42 Å². The quantitative estimate of drug-likeness (QED) is 0.681. The number of rotatable bonds is 1. The highest BCUT2D eigenvalue weighted by Gasteiger charge is 2.19. The van der Waals surface area contributed by atoms with Crippen molar-refractivity contribution in [3.05, 3.63) is 23.8 Å². The number of sulfonamides is 1. The van der Waals surface area contributed by atoms with Crippen LogP contribution in [-0.2, 0) is 16.4 Å². The zero-order valence-electron chi connectivity index (χ0n) is 6.95. The lowest BCUT2D eigenvalue weighted by Gasteiger charge is -2.04. The first-order chi connectivity index (χ1) is 6.09. The highest BCUT2D eigenvalue weighted by atomic mass is 32.2. The lowest BCUT2D eigenvalue weighted by atomic mass is 10.2. The molecule has 1 aromatic rings. The van der Waals surface area contributed by atoms with Crippen LogP contribution < -0.4 is 10.5 Å². The first kappa shape index (κ1) is 8.52. The Bertz CT molecular complexity index is 439. The maximum Gasteiger partial charge on any atom is 0.238 e.